The van der Waals surface area contributed by atoms with E-state index in [1.165, 1.54) is 6.20 Å². The zero-order valence-electron chi connectivity index (χ0n) is 10.2. The van der Waals surface area contributed by atoms with Crippen molar-refractivity contribution >= 4 is 23.1 Å². The van der Waals surface area contributed by atoms with E-state index in [2.05, 4.69) is 29.1 Å². The third-order valence-corrected chi connectivity index (χ3v) is 3.04. The van der Waals surface area contributed by atoms with Gasteiger partial charge in [0.2, 0.25) is 5.28 Å². The first kappa shape index (κ1) is 14.0. The second kappa shape index (κ2) is 6.61. The highest BCUT2D eigenvalue weighted by Crippen LogP contribution is 2.18. The molecule has 0 amide bonds. The van der Waals surface area contributed by atoms with Crippen LogP contribution in [0.2, 0.25) is 5.28 Å². The molecule has 4 N–H and O–H groups in total. The lowest BCUT2D eigenvalue weighted by Gasteiger charge is -2.20. The van der Waals surface area contributed by atoms with Gasteiger partial charge in [0, 0.05) is 6.54 Å². The van der Waals surface area contributed by atoms with E-state index in [9.17, 15) is 5.11 Å². The number of nitrogen functional groups attached to an aromatic ring is 1. The molecule has 0 aliphatic rings. The van der Waals surface area contributed by atoms with E-state index in [-0.39, 0.29) is 11.2 Å². The average Bonchev–Trinajstić information content (AvgIpc) is 2.32. The largest absolute Gasteiger partial charge is 0.394 e. The zero-order chi connectivity index (χ0) is 12.8. The highest BCUT2D eigenvalue weighted by molar-refractivity contribution is 6.28. The lowest BCUT2D eigenvalue weighted by atomic mass is 9.96. The van der Waals surface area contributed by atoms with Gasteiger partial charge in [-0.3, -0.25) is 0 Å². The third kappa shape index (κ3) is 4.02. The van der Waals surface area contributed by atoms with Crippen LogP contribution >= 0.6 is 11.6 Å². The molecule has 0 aliphatic heterocycles. The highest BCUT2D eigenvalue weighted by Gasteiger charge is 2.15. The molecule has 0 spiro atoms. The summed E-state index contributed by atoms with van der Waals surface area (Å²) in [6.07, 6.45) is 2.91. The number of rotatable bonds is 6. The van der Waals surface area contributed by atoms with Gasteiger partial charge in [-0.1, -0.05) is 26.7 Å². The number of aromatic nitrogens is 2. The monoisotopic (exact) mass is 258 g/mol. The van der Waals surface area contributed by atoms with Gasteiger partial charge in [0.15, 0.2) is 5.82 Å². The minimum atomic E-state index is -0.418. The molecule has 1 rings (SSSR count). The number of aliphatic hydroxyl groups excluding tert-OH is 1. The van der Waals surface area contributed by atoms with Gasteiger partial charge in [0.1, 0.15) is 0 Å². The normalized spacial score (nSPS) is 12.8. The Morgan fingerprint density at radius 3 is 2.71 bits per heavy atom. The molecule has 1 atom stereocenters. The van der Waals surface area contributed by atoms with Crippen molar-refractivity contribution in [3.8, 4) is 0 Å². The van der Waals surface area contributed by atoms with E-state index in [1.807, 2.05) is 0 Å². The molecule has 0 saturated carbocycles. The molecular weight excluding hydrogens is 240 g/mol. The van der Waals surface area contributed by atoms with Crippen LogP contribution < -0.4 is 11.1 Å². The summed E-state index contributed by atoms with van der Waals surface area (Å²) in [7, 11) is 0. The van der Waals surface area contributed by atoms with Crippen LogP contribution in [0.4, 0.5) is 11.5 Å². The molecule has 1 aromatic rings. The Bertz CT molecular complexity index is 357. The predicted molar refractivity (Wildman–Crippen MR) is 70.0 cm³/mol. The average molecular weight is 259 g/mol. The SMILES string of the molecule is CCC(CC)C(O)CNc1nc(Cl)ncc1N. The number of hydrogen-bond acceptors (Lipinski definition) is 5. The van der Waals surface area contributed by atoms with E-state index in [1.54, 1.807) is 0 Å². The van der Waals surface area contributed by atoms with Gasteiger partial charge in [-0.2, -0.15) is 4.98 Å². The molecule has 1 unspecified atom stereocenters. The molecule has 6 heteroatoms. The minimum absolute atomic E-state index is 0.138. The number of nitrogens with one attached hydrogen (secondary N) is 1. The molecule has 5 nitrogen and oxygen atoms in total. The first-order valence-corrected chi connectivity index (χ1v) is 6.16. The molecule has 0 aliphatic carbocycles. The summed E-state index contributed by atoms with van der Waals surface area (Å²) in [6.45, 7) is 4.53. The van der Waals surface area contributed by atoms with Gasteiger partial charge in [-0.05, 0) is 17.5 Å². The van der Waals surface area contributed by atoms with Gasteiger partial charge in [-0.15, -0.1) is 0 Å². The van der Waals surface area contributed by atoms with E-state index in [0.29, 0.717) is 18.1 Å². The van der Waals surface area contributed by atoms with E-state index < -0.39 is 6.10 Å². The van der Waals surface area contributed by atoms with Crippen molar-refractivity contribution in [3.05, 3.63) is 11.5 Å². The third-order valence-electron chi connectivity index (χ3n) is 2.86. The van der Waals surface area contributed by atoms with Gasteiger partial charge in [0.25, 0.3) is 0 Å². The Balaban J connectivity index is 2.57. The maximum Gasteiger partial charge on any atom is 0.224 e. The first-order chi connectivity index (χ1) is 8.08. The summed E-state index contributed by atoms with van der Waals surface area (Å²) in [5.74, 6) is 0.746. The topological polar surface area (TPSA) is 84.1 Å². The Morgan fingerprint density at radius 1 is 1.47 bits per heavy atom. The van der Waals surface area contributed by atoms with Gasteiger partial charge >= 0.3 is 0 Å². The number of nitrogens with two attached hydrogens (primary N) is 1. The van der Waals surface area contributed by atoms with Crippen LogP contribution in [0.3, 0.4) is 0 Å². The van der Waals surface area contributed by atoms with Crippen LogP contribution in [0.1, 0.15) is 26.7 Å². The molecule has 0 bridgehead atoms. The Kier molecular flexibility index (Phi) is 5.44. The fraction of sp³-hybridized carbons (Fsp3) is 0.636. The standard InChI is InChI=1S/C11H19ClN4O/c1-3-7(4-2)9(17)6-14-10-8(13)5-15-11(12)16-10/h5,7,9,17H,3-4,6,13H2,1-2H3,(H,14,15,16). The van der Waals surface area contributed by atoms with Crippen LogP contribution in [0.15, 0.2) is 6.20 Å². The summed E-state index contributed by atoms with van der Waals surface area (Å²) in [5.41, 5.74) is 6.11. The summed E-state index contributed by atoms with van der Waals surface area (Å²) >= 11 is 5.67. The molecule has 0 radical (unpaired) electrons. The predicted octanol–water partition coefficient (Wildman–Crippen LogP) is 1.92. The Labute approximate surface area is 106 Å². The Hall–Kier alpha value is -1.07. The Morgan fingerprint density at radius 2 is 2.12 bits per heavy atom. The maximum atomic E-state index is 9.95. The van der Waals surface area contributed by atoms with E-state index in [4.69, 9.17) is 17.3 Å². The van der Waals surface area contributed by atoms with Crippen molar-refractivity contribution in [1.29, 1.82) is 0 Å². The van der Waals surface area contributed by atoms with Gasteiger partial charge in [-0.25, -0.2) is 4.98 Å². The highest BCUT2D eigenvalue weighted by atomic mass is 35.5. The quantitative estimate of drug-likeness (QED) is 0.679. The molecule has 1 aromatic heterocycles. The van der Waals surface area contributed by atoms with E-state index >= 15 is 0 Å². The minimum Gasteiger partial charge on any atom is -0.394 e. The van der Waals surface area contributed by atoms with Crippen molar-refractivity contribution in [2.24, 2.45) is 5.92 Å². The summed E-state index contributed by atoms with van der Waals surface area (Å²) < 4.78 is 0. The lowest BCUT2D eigenvalue weighted by Crippen LogP contribution is -2.28. The van der Waals surface area contributed by atoms with E-state index in [0.717, 1.165) is 12.8 Å². The fourth-order valence-corrected chi connectivity index (χ4v) is 1.85. The number of halogens is 1. The second-order valence-electron chi connectivity index (χ2n) is 3.97. The van der Waals surface area contributed by atoms with Gasteiger partial charge in [0.05, 0.1) is 18.0 Å². The van der Waals surface area contributed by atoms with Crippen molar-refractivity contribution in [2.75, 3.05) is 17.6 Å². The number of hydrogen-bond donors (Lipinski definition) is 3. The molecule has 0 fully saturated rings. The number of aliphatic hydroxyl groups is 1. The van der Waals surface area contributed by atoms with Crippen LogP contribution in [-0.4, -0.2) is 27.7 Å². The smallest absolute Gasteiger partial charge is 0.224 e. The van der Waals surface area contributed by atoms with Crippen LogP contribution in [0.25, 0.3) is 0 Å². The summed E-state index contributed by atoms with van der Waals surface area (Å²) in [5, 5.41) is 13.1. The maximum absolute atomic E-state index is 9.95. The summed E-state index contributed by atoms with van der Waals surface area (Å²) in [4.78, 5) is 7.72. The summed E-state index contributed by atoms with van der Waals surface area (Å²) in [6, 6.07) is 0. The molecular formula is C11H19ClN4O. The lowest BCUT2D eigenvalue weighted by molar-refractivity contribution is 0.114. The van der Waals surface area contributed by atoms with Crippen LogP contribution in [0.5, 0.6) is 0 Å². The van der Waals surface area contributed by atoms with Crippen LogP contribution in [0, 0.1) is 5.92 Å². The van der Waals surface area contributed by atoms with Crippen LogP contribution in [-0.2, 0) is 0 Å². The van der Waals surface area contributed by atoms with Crippen molar-refractivity contribution in [2.45, 2.75) is 32.8 Å². The fourth-order valence-electron chi connectivity index (χ4n) is 1.71. The zero-order valence-corrected chi connectivity index (χ0v) is 10.9. The molecule has 0 aromatic carbocycles. The molecule has 96 valence electrons. The van der Waals surface area contributed by atoms with Crippen molar-refractivity contribution in [1.82, 2.24) is 9.97 Å². The van der Waals surface area contributed by atoms with Crippen molar-refractivity contribution < 1.29 is 5.11 Å². The van der Waals surface area contributed by atoms with Crippen molar-refractivity contribution in [3.63, 3.8) is 0 Å². The molecule has 0 saturated heterocycles. The molecule has 1 heterocycles. The first-order valence-electron chi connectivity index (χ1n) is 5.78. The number of anilines is 2. The van der Waals surface area contributed by atoms with Gasteiger partial charge < -0.3 is 16.2 Å². The molecule has 17 heavy (non-hydrogen) atoms. The second-order valence-corrected chi connectivity index (χ2v) is 4.31. The number of nitrogens with zero attached hydrogens (tertiary/aromatic N) is 2.